The van der Waals surface area contributed by atoms with Gasteiger partial charge in [-0.2, -0.15) is 18.3 Å². The summed E-state index contributed by atoms with van der Waals surface area (Å²) in [6, 6.07) is 10.0. The number of carboxylic acid groups (broad SMARTS) is 1. The Morgan fingerprint density at radius 2 is 1.91 bits per heavy atom. The Kier molecular flexibility index (Phi) is 7.86. The SMILES string of the molecule is O=C(NCCc1cnn(-c2ccccc2)c1)C1CCc2nccn2CC1.O=C(O)C(F)(F)F. The molecule has 3 heterocycles. The van der Waals surface area contributed by atoms with Gasteiger partial charge in [0.25, 0.3) is 0 Å². The fraction of sp³-hybridized carbons (Fsp3) is 0.364. The molecule has 1 aliphatic heterocycles. The minimum absolute atomic E-state index is 0.0729. The third-order valence-corrected chi connectivity index (χ3v) is 5.22. The van der Waals surface area contributed by atoms with Crippen molar-refractivity contribution >= 4 is 11.9 Å². The van der Waals surface area contributed by atoms with Crippen molar-refractivity contribution in [3.8, 4) is 5.69 Å². The molecule has 2 aromatic heterocycles. The first-order valence-corrected chi connectivity index (χ1v) is 10.4. The van der Waals surface area contributed by atoms with Crippen molar-refractivity contribution in [1.82, 2.24) is 24.6 Å². The molecule has 33 heavy (non-hydrogen) atoms. The van der Waals surface area contributed by atoms with Crippen molar-refractivity contribution < 1.29 is 27.9 Å². The first kappa shape index (κ1) is 24.0. The summed E-state index contributed by atoms with van der Waals surface area (Å²) in [7, 11) is 0. The number of fused-ring (bicyclic) bond motifs is 1. The van der Waals surface area contributed by atoms with E-state index in [-0.39, 0.29) is 11.8 Å². The van der Waals surface area contributed by atoms with E-state index in [9.17, 15) is 18.0 Å². The van der Waals surface area contributed by atoms with Gasteiger partial charge in [-0.15, -0.1) is 0 Å². The average molecular weight is 463 g/mol. The molecule has 1 aliphatic rings. The molecule has 0 fully saturated rings. The molecular formula is C22H24F3N5O3. The Bertz CT molecular complexity index is 1040. The van der Waals surface area contributed by atoms with Crippen molar-refractivity contribution in [1.29, 1.82) is 0 Å². The van der Waals surface area contributed by atoms with Crippen molar-refractivity contribution in [3.05, 3.63) is 66.5 Å². The molecule has 2 N–H and O–H groups in total. The van der Waals surface area contributed by atoms with Gasteiger partial charge in [-0.3, -0.25) is 4.79 Å². The van der Waals surface area contributed by atoms with Crippen LogP contribution in [0, 0.1) is 5.92 Å². The second-order valence-corrected chi connectivity index (χ2v) is 7.53. The van der Waals surface area contributed by atoms with Gasteiger partial charge in [-0.05, 0) is 37.0 Å². The number of rotatable bonds is 5. The molecule has 11 heteroatoms. The molecule has 3 aromatic rings. The summed E-state index contributed by atoms with van der Waals surface area (Å²) in [6.07, 6.45) is 6.04. The van der Waals surface area contributed by atoms with Gasteiger partial charge in [-0.25, -0.2) is 14.5 Å². The van der Waals surface area contributed by atoms with Crippen molar-refractivity contribution in [2.24, 2.45) is 5.92 Å². The highest BCUT2D eigenvalue weighted by molar-refractivity contribution is 5.78. The second-order valence-electron chi connectivity index (χ2n) is 7.53. The third-order valence-electron chi connectivity index (χ3n) is 5.22. The number of hydrogen-bond acceptors (Lipinski definition) is 4. The predicted octanol–water partition coefficient (Wildman–Crippen LogP) is 3.01. The van der Waals surface area contributed by atoms with E-state index in [0.29, 0.717) is 6.54 Å². The number of aliphatic carboxylic acids is 1. The van der Waals surface area contributed by atoms with Gasteiger partial charge in [0.1, 0.15) is 5.82 Å². The van der Waals surface area contributed by atoms with E-state index >= 15 is 0 Å². The Balaban J connectivity index is 0.000000383. The first-order chi connectivity index (χ1) is 15.7. The Labute approximate surface area is 188 Å². The van der Waals surface area contributed by atoms with Crippen molar-refractivity contribution in [2.45, 2.75) is 38.4 Å². The van der Waals surface area contributed by atoms with E-state index in [1.54, 1.807) is 0 Å². The number of carbonyl (C=O) groups is 2. The summed E-state index contributed by atoms with van der Waals surface area (Å²) in [5, 5.41) is 14.6. The Morgan fingerprint density at radius 3 is 2.61 bits per heavy atom. The minimum Gasteiger partial charge on any atom is -0.475 e. The number of amides is 1. The molecular weight excluding hydrogens is 439 g/mol. The number of benzene rings is 1. The van der Waals surface area contributed by atoms with Crippen LogP contribution in [0.1, 0.15) is 24.2 Å². The molecule has 0 spiro atoms. The molecule has 0 saturated heterocycles. The normalized spacial score (nSPS) is 15.5. The van der Waals surface area contributed by atoms with Crippen molar-refractivity contribution in [3.63, 3.8) is 0 Å². The predicted molar refractivity (Wildman–Crippen MR) is 113 cm³/mol. The standard InChI is InChI=1S/C20H23N5O.C2HF3O2/c26-20(17-6-7-19-21-11-13-24(19)12-9-17)22-10-8-16-14-23-25(15-16)18-4-2-1-3-5-18;3-2(4,5)1(6)7/h1-5,11,13-15,17H,6-10,12H2,(H,22,26);(H,6,7). The fourth-order valence-corrected chi connectivity index (χ4v) is 3.46. The monoisotopic (exact) mass is 463 g/mol. The maximum Gasteiger partial charge on any atom is 0.490 e. The van der Waals surface area contributed by atoms with Crippen LogP contribution in [-0.4, -0.2) is 49.0 Å². The number of aryl methyl sites for hydroxylation is 2. The fourth-order valence-electron chi connectivity index (χ4n) is 3.46. The summed E-state index contributed by atoms with van der Waals surface area (Å²) in [5.41, 5.74) is 2.16. The van der Waals surface area contributed by atoms with Gasteiger partial charge in [0.15, 0.2) is 0 Å². The number of hydrogen-bond donors (Lipinski definition) is 2. The summed E-state index contributed by atoms with van der Waals surface area (Å²) in [4.78, 5) is 25.7. The van der Waals surface area contributed by atoms with Crippen LogP contribution in [0.4, 0.5) is 13.2 Å². The highest BCUT2D eigenvalue weighted by Crippen LogP contribution is 2.19. The van der Waals surface area contributed by atoms with Crippen LogP contribution in [0.5, 0.6) is 0 Å². The van der Waals surface area contributed by atoms with Crippen molar-refractivity contribution in [2.75, 3.05) is 6.54 Å². The molecule has 0 aliphatic carbocycles. The molecule has 1 atom stereocenters. The summed E-state index contributed by atoms with van der Waals surface area (Å²) >= 11 is 0. The highest BCUT2D eigenvalue weighted by atomic mass is 19.4. The smallest absolute Gasteiger partial charge is 0.475 e. The number of para-hydroxylation sites is 1. The number of aromatic nitrogens is 4. The first-order valence-electron chi connectivity index (χ1n) is 10.4. The van der Waals surface area contributed by atoms with Gasteiger partial charge in [-0.1, -0.05) is 18.2 Å². The zero-order chi connectivity index (χ0) is 23.8. The van der Waals surface area contributed by atoms with Gasteiger partial charge in [0.2, 0.25) is 5.91 Å². The second kappa shape index (κ2) is 10.8. The maximum atomic E-state index is 12.5. The lowest BCUT2D eigenvalue weighted by molar-refractivity contribution is -0.192. The molecule has 1 amide bonds. The van der Waals surface area contributed by atoms with E-state index in [0.717, 1.165) is 49.3 Å². The van der Waals surface area contributed by atoms with Crippen LogP contribution in [0.25, 0.3) is 5.69 Å². The molecule has 176 valence electrons. The molecule has 4 rings (SSSR count). The Hall–Kier alpha value is -3.63. The summed E-state index contributed by atoms with van der Waals surface area (Å²) < 4.78 is 35.8. The molecule has 0 radical (unpaired) electrons. The lowest BCUT2D eigenvalue weighted by Crippen LogP contribution is -2.32. The average Bonchev–Trinajstić information content (AvgIpc) is 3.39. The topological polar surface area (TPSA) is 102 Å². The van der Waals surface area contributed by atoms with Crippen LogP contribution in [-0.2, 0) is 29.0 Å². The van der Waals surface area contributed by atoms with Gasteiger partial charge in [0.05, 0.1) is 11.9 Å². The van der Waals surface area contributed by atoms with E-state index in [1.165, 1.54) is 0 Å². The summed E-state index contributed by atoms with van der Waals surface area (Å²) in [5.74, 6) is -1.43. The van der Waals surface area contributed by atoms with Crippen LogP contribution < -0.4 is 5.32 Å². The van der Waals surface area contributed by atoms with Crippen LogP contribution in [0.15, 0.2) is 55.1 Å². The number of imidazole rings is 1. The molecule has 8 nitrogen and oxygen atoms in total. The van der Waals surface area contributed by atoms with E-state index in [1.807, 2.05) is 59.8 Å². The highest BCUT2D eigenvalue weighted by Gasteiger charge is 2.38. The third kappa shape index (κ3) is 6.93. The number of nitrogens with one attached hydrogen (secondary N) is 1. The number of carboxylic acids is 1. The van der Waals surface area contributed by atoms with E-state index < -0.39 is 12.1 Å². The molecule has 0 bridgehead atoms. The lowest BCUT2D eigenvalue weighted by atomic mass is 9.99. The number of nitrogens with zero attached hydrogens (tertiary/aromatic N) is 4. The van der Waals surface area contributed by atoms with E-state index in [2.05, 4.69) is 20.0 Å². The largest absolute Gasteiger partial charge is 0.490 e. The maximum absolute atomic E-state index is 12.5. The zero-order valence-corrected chi connectivity index (χ0v) is 17.7. The van der Waals surface area contributed by atoms with E-state index in [4.69, 9.17) is 9.90 Å². The minimum atomic E-state index is -5.08. The van der Waals surface area contributed by atoms with Gasteiger partial charge in [0, 0.05) is 44.0 Å². The van der Waals surface area contributed by atoms with Gasteiger partial charge >= 0.3 is 12.1 Å². The number of alkyl halides is 3. The molecule has 1 aromatic carbocycles. The molecule has 1 unspecified atom stereocenters. The lowest BCUT2D eigenvalue weighted by Gasteiger charge is -2.13. The zero-order valence-electron chi connectivity index (χ0n) is 17.7. The van der Waals surface area contributed by atoms with Crippen LogP contribution in [0.2, 0.25) is 0 Å². The van der Waals surface area contributed by atoms with Crippen LogP contribution >= 0.6 is 0 Å². The number of carbonyl (C=O) groups excluding carboxylic acids is 1. The van der Waals surface area contributed by atoms with Gasteiger partial charge < -0.3 is 15.0 Å². The van der Waals surface area contributed by atoms with Crippen LogP contribution in [0.3, 0.4) is 0 Å². The molecule has 0 saturated carbocycles. The summed E-state index contributed by atoms with van der Waals surface area (Å²) in [6.45, 7) is 1.51. The number of halogens is 3. The quantitative estimate of drug-likeness (QED) is 0.606. The Morgan fingerprint density at radius 1 is 1.18 bits per heavy atom.